The number of rotatable bonds is 4. The molecule has 0 bridgehead atoms. The molecule has 1 aromatic carbocycles. The lowest BCUT2D eigenvalue weighted by atomic mass is 10.1. The number of nitrogens with zero attached hydrogens (tertiary/aromatic N) is 2. The Kier molecular flexibility index (Phi) is 4.39. The quantitative estimate of drug-likeness (QED) is 0.709. The van der Waals surface area contributed by atoms with Crippen molar-refractivity contribution in [2.24, 2.45) is 0 Å². The van der Waals surface area contributed by atoms with E-state index in [9.17, 15) is 23.2 Å². The van der Waals surface area contributed by atoms with Gasteiger partial charge in [-0.05, 0) is 37.5 Å². The van der Waals surface area contributed by atoms with Gasteiger partial charge in [0.15, 0.2) is 6.23 Å². The summed E-state index contributed by atoms with van der Waals surface area (Å²) in [4.78, 5) is -0.257. The highest BCUT2D eigenvalue weighted by molar-refractivity contribution is 7.85. The van der Waals surface area contributed by atoms with Crippen molar-refractivity contribution in [1.82, 2.24) is 9.78 Å². The molecule has 2 aromatic rings. The smallest absolute Gasteiger partial charge is 0.294 e. The zero-order chi connectivity index (χ0) is 16.6. The molecule has 8 nitrogen and oxygen atoms in total. The molecule has 3 rings (SSSR count). The van der Waals surface area contributed by atoms with Crippen LogP contribution in [0.5, 0.6) is 0 Å². The van der Waals surface area contributed by atoms with Crippen LogP contribution in [0.2, 0.25) is 0 Å². The molecule has 2 atom stereocenters. The Bertz CT molecular complexity index is 810. The molecule has 1 aliphatic heterocycles. The van der Waals surface area contributed by atoms with Gasteiger partial charge >= 0.3 is 0 Å². The summed E-state index contributed by atoms with van der Waals surface area (Å²) in [6.45, 7) is 0.0690. The first-order chi connectivity index (χ1) is 10.9. The van der Waals surface area contributed by atoms with E-state index in [0.29, 0.717) is 23.9 Å². The predicted octanol–water partition coefficient (Wildman–Crippen LogP) is 1.01. The van der Waals surface area contributed by atoms with E-state index in [0.717, 1.165) is 12.8 Å². The van der Waals surface area contributed by atoms with Crippen LogP contribution >= 0.6 is 0 Å². The fourth-order valence-electron chi connectivity index (χ4n) is 2.77. The molecule has 1 fully saturated rings. The third kappa shape index (κ3) is 3.10. The van der Waals surface area contributed by atoms with Gasteiger partial charge in [-0.1, -0.05) is 0 Å². The Labute approximate surface area is 133 Å². The summed E-state index contributed by atoms with van der Waals surface area (Å²) >= 11 is 0. The zero-order valence-electron chi connectivity index (χ0n) is 12.3. The van der Waals surface area contributed by atoms with Gasteiger partial charge in [0.2, 0.25) is 0 Å². The average molecular weight is 342 g/mol. The standard InChI is InChI=1S/C14H18N2O6S/c17-8-12(18)14-10-5-4-9(23(19,20)21)7-11(10)16(15-14)13-3-1-2-6-22-13/h4-5,7,12-13,17-18H,1-3,6,8H2,(H,19,20,21). The summed E-state index contributed by atoms with van der Waals surface area (Å²) in [6, 6.07) is 3.99. The Balaban J connectivity index is 2.19. The molecule has 0 spiro atoms. The summed E-state index contributed by atoms with van der Waals surface area (Å²) in [6.07, 6.45) is 1.04. The maximum atomic E-state index is 11.4. The molecule has 2 unspecified atom stereocenters. The zero-order valence-corrected chi connectivity index (χ0v) is 13.1. The van der Waals surface area contributed by atoms with Gasteiger partial charge in [-0.15, -0.1) is 0 Å². The minimum atomic E-state index is -4.35. The number of fused-ring (bicyclic) bond motifs is 1. The van der Waals surface area contributed by atoms with Crippen LogP contribution < -0.4 is 0 Å². The lowest BCUT2D eigenvalue weighted by Gasteiger charge is -2.23. The summed E-state index contributed by atoms with van der Waals surface area (Å²) in [5.74, 6) is 0. The van der Waals surface area contributed by atoms with Crippen LogP contribution in [0.4, 0.5) is 0 Å². The van der Waals surface area contributed by atoms with Crippen LogP contribution in [0.15, 0.2) is 23.1 Å². The lowest BCUT2D eigenvalue weighted by Crippen LogP contribution is -2.19. The van der Waals surface area contributed by atoms with Crippen molar-refractivity contribution >= 4 is 21.0 Å². The van der Waals surface area contributed by atoms with Crippen LogP contribution in [0.3, 0.4) is 0 Å². The number of ether oxygens (including phenoxy) is 1. The molecule has 1 saturated heterocycles. The van der Waals surface area contributed by atoms with E-state index in [-0.39, 0.29) is 16.8 Å². The van der Waals surface area contributed by atoms with Crippen molar-refractivity contribution in [2.45, 2.75) is 36.5 Å². The molecule has 0 saturated carbocycles. The summed E-state index contributed by atoms with van der Waals surface area (Å²) < 4.78 is 39.1. The summed E-state index contributed by atoms with van der Waals surface area (Å²) in [7, 11) is -4.35. The number of benzene rings is 1. The number of hydrogen-bond acceptors (Lipinski definition) is 6. The Morgan fingerprint density at radius 1 is 1.39 bits per heavy atom. The molecule has 23 heavy (non-hydrogen) atoms. The van der Waals surface area contributed by atoms with Crippen LogP contribution in [-0.2, 0) is 14.9 Å². The van der Waals surface area contributed by atoms with E-state index in [2.05, 4.69) is 5.10 Å². The molecule has 0 radical (unpaired) electrons. The second-order valence-corrected chi connectivity index (χ2v) is 6.92. The van der Waals surface area contributed by atoms with E-state index in [4.69, 9.17) is 4.74 Å². The van der Waals surface area contributed by atoms with Gasteiger partial charge in [-0.2, -0.15) is 13.5 Å². The van der Waals surface area contributed by atoms with Gasteiger partial charge in [0, 0.05) is 12.0 Å². The first-order valence-corrected chi connectivity index (χ1v) is 8.76. The van der Waals surface area contributed by atoms with Crippen molar-refractivity contribution in [2.75, 3.05) is 13.2 Å². The fourth-order valence-corrected chi connectivity index (χ4v) is 3.27. The van der Waals surface area contributed by atoms with E-state index in [1.54, 1.807) is 0 Å². The second kappa shape index (κ2) is 6.17. The summed E-state index contributed by atoms with van der Waals surface area (Å²) in [5.41, 5.74) is 0.674. The molecule has 1 aliphatic rings. The van der Waals surface area contributed by atoms with E-state index in [1.165, 1.54) is 22.9 Å². The van der Waals surface area contributed by atoms with Crippen molar-refractivity contribution in [1.29, 1.82) is 0 Å². The third-order valence-electron chi connectivity index (χ3n) is 3.92. The third-order valence-corrected chi connectivity index (χ3v) is 4.77. The number of aliphatic hydroxyl groups excluding tert-OH is 2. The molecule has 3 N–H and O–H groups in total. The Morgan fingerprint density at radius 2 is 2.17 bits per heavy atom. The molecular formula is C14H18N2O6S. The Hall–Kier alpha value is -1.52. The first kappa shape index (κ1) is 16.3. The lowest BCUT2D eigenvalue weighted by molar-refractivity contribution is -0.0375. The van der Waals surface area contributed by atoms with E-state index in [1.807, 2.05) is 0 Å². The highest BCUT2D eigenvalue weighted by Gasteiger charge is 2.25. The number of aromatic nitrogens is 2. The van der Waals surface area contributed by atoms with Crippen molar-refractivity contribution < 1.29 is 27.9 Å². The Morgan fingerprint density at radius 3 is 2.78 bits per heavy atom. The molecule has 9 heteroatoms. The fraction of sp³-hybridized carbons (Fsp3) is 0.500. The molecular weight excluding hydrogens is 324 g/mol. The van der Waals surface area contributed by atoms with Gasteiger partial charge in [0.25, 0.3) is 10.1 Å². The van der Waals surface area contributed by atoms with Crippen LogP contribution in [0.1, 0.15) is 37.3 Å². The maximum Gasteiger partial charge on any atom is 0.294 e. The van der Waals surface area contributed by atoms with Gasteiger partial charge < -0.3 is 14.9 Å². The van der Waals surface area contributed by atoms with Crippen molar-refractivity contribution in [3.63, 3.8) is 0 Å². The topological polar surface area (TPSA) is 122 Å². The molecule has 1 aromatic heterocycles. The van der Waals surface area contributed by atoms with E-state index < -0.39 is 22.8 Å². The SMILES string of the molecule is O=S(=O)(O)c1ccc2c(C(O)CO)nn(C3CCCCO3)c2c1. The van der Waals surface area contributed by atoms with Crippen LogP contribution in [0, 0.1) is 0 Å². The number of aliphatic hydroxyl groups is 2. The summed E-state index contributed by atoms with van der Waals surface area (Å²) in [5, 5.41) is 23.9. The van der Waals surface area contributed by atoms with Crippen molar-refractivity contribution in [3.8, 4) is 0 Å². The highest BCUT2D eigenvalue weighted by Crippen LogP contribution is 2.31. The second-order valence-electron chi connectivity index (χ2n) is 5.50. The normalized spacial score (nSPS) is 20.7. The highest BCUT2D eigenvalue weighted by atomic mass is 32.2. The minimum absolute atomic E-state index is 0.249. The monoisotopic (exact) mass is 342 g/mol. The van der Waals surface area contributed by atoms with Crippen LogP contribution in [-0.4, -0.2) is 46.2 Å². The van der Waals surface area contributed by atoms with Gasteiger partial charge in [0.05, 0.1) is 17.0 Å². The first-order valence-electron chi connectivity index (χ1n) is 7.32. The largest absolute Gasteiger partial charge is 0.393 e. The predicted molar refractivity (Wildman–Crippen MR) is 80.4 cm³/mol. The average Bonchev–Trinajstić information content (AvgIpc) is 2.93. The number of hydrogen-bond donors (Lipinski definition) is 3. The van der Waals surface area contributed by atoms with Gasteiger partial charge in [0.1, 0.15) is 11.8 Å². The van der Waals surface area contributed by atoms with E-state index >= 15 is 0 Å². The van der Waals surface area contributed by atoms with Crippen molar-refractivity contribution in [3.05, 3.63) is 23.9 Å². The molecule has 2 heterocycles. The molecule has 0 amide bonds. The minimum Gasteiger partial charge on any atom is -0.393 e. The molecule has 126 valence electrons. The van der Waals surface area contributed by atoms with Gasteiger partial charge in [-0.3, -0.25) is 4.55 Å². The van der Waals surface area contributed by atoms with Gasteiger partial charge in [-0.25, -0.2) is 4.68 Å². The van der Waals surface area contributed by atoms with Crippen LogP contribution in [0.25, 0.3) is 10.9 Å². The maximum absolute atomic E-state index is 11.4. The molecule has 0 aliphatic carbocycles.